The smallest absolute Gasteiger partial charge is 0.289 e. The molecule has 1 heterocycles. The summed E-state index contributed by atoms with van der Waals surface area (Å²) in [6.45, 7) is 1.11. The molecule has 0 saturated carbocycles. The molecule has 2 rings (SSSR count). The predicted molar refractivity (Wildman–Crippen MR) is 55.6 cm³/mol. The fraction of sp³-hybridized carbons (Fsp3) is 0.273. The van der Waals surface area contributed by atoms with E-state index >= 15 is 0 Å². The second-order valence-electron chi connectivity index (χ2n) is 3.41. The van der Waals surface area contributed by atoms with Crippen molar-refractivity contribution in [3.63, 3.8) is 0 Å². The number of ketones is 1. The summed E-state index contributed by atoms with van der Waals surface area (Å²) in [4.78, 5) is 22.1. The Bertz CT molecular complexity index is 442. The van der Waals surface area contributed by atoms with Crippen LogP contribution in [0.4, 0.5) is 0 Å². The van der Waals surface area contributed by atoms with Gasteiger partial charge in [0, 0.05) is 12.0 Å². The molecule has 1 aliphatic heterocycles. The highest BCUT2D eigenvalue weighted by molar-refractivity contribution is 6.42. The largest absolute Gasteiger partial charge is 0.490 e. The number of rotatable bonds is 2. The molecule has 1 aromatic rings. The average Bonchev–Trinajstić information content (AvgIpc) is 2.51. The molecule has 0 aromatic heterocycles. The number of hydrogen-bond donors (Lipinski definition) is 1. The normalized spacial score (nSPS) is 14.0. The van der Waals surface area contributed by atoms with E-state index < -0.39 is 11.7 Å². The zero-order valence-electron chi connectivity index (χ0n) is 8.56. The van der Waals surface area contributed by atoms with Gasteiger partial charge in [-0.15, -0.1) is 0 Å². The van der Waals surface area contributed by atoms with Gasteiger partial charge in [0.25, 0.3) is 5.91 Å². The monoisotopic (exact) mass is 221 g/mol. The minimum Gasteiger partial charge on any atom is -0.490 e. The summed E-state index contributed by atoms with van der Waals surface area (Å²) in [5, 5.41) is 0. The maximum atomic E-state index is 11.3. The van der Waals surface area contributed by atoms with Crippen LogP contribution in [-0.4, -0.2) is 24.9 Å². The van der Waals surface area contributed by atoms with E-state index in [0.29, 0.717) is 24.7 Å². The first-order chi connectivity index (χ1) is 7.68. The van der Waals surface area contributed by atoms with E-state index in [9.17, 15) is 9.59 Å². The van der Waals surface area contributed by atoms with Gasteiger partial charge in [0.05, 0.1) is 13.2 Å². The van der Waals surface area contributed by atoms with Gasteiger partial charge in [-0.05, 0) is 18.2 Å². The summed E-state index contributed by atoms with van der Waals surface area (Å²) in [6, 6.07) is 4.59. The molecule has 0 atom stereocenters. The quantitative estimate of drug-likeness (QED) is 0.583. The van der Waals surface area contributed by atoms with Gasteiger partial charge in [0.2, 0.25) is 5.78 Å². The number of Topliss-reactive ketones (excluding diaryl/α,β-unsaturated/α-hetero) is 1. The third kappa shape index (κ3) is 1.98. The van der Waals surface area contributed by atoms with Crippen molar-refractivity contribution in [2.75, 3.05) is 13.2 Å². The van der Waals surface area contributed by atoms with Gasteiger partial charge in [-0.1, -0.05) is 0 Å². The second-order valence-corrected chi connectivity index (χ2v) is 3.41. The summed E-state index contributed by atoms with van der Waals surface area (Å²) in [7, 11) is 0. The van der Waals surface area contributed by atoms with Gasteiger partial charge in [-0.3, -0.25) is 9.59 Å². The Morgan fingerprint density at radius 2 is 1.81 bits per heavy atom. The summed E-state index contributed by atoms with van der Waals surface area (Å²) >= 11 is 0. The molecule has 0 aliphatic carbocycles. The van der Waals surface area contributed by atoms with Crippen LogP contribution in [-0.2, 0) is 4.79 Å². The van der Waals surface area contributed by atoms with Gasteiger partial charge in [-0.25, -0.2) is 0 Å². The van der Waals surface area contributed by atoms with Crippen molar-refractivity contribution in [3.05, 3.63) is 23.8 Å². The highest BCUT2D eigenvalue weighted by atomic mass is 16.5. The minimum absolute atomic E-state index is 0.219. The van der Waals surface area contributed by atoms with E-state index in [1.807, 2.05) is 0 Å². The zero-order chi connectivity index (χ0) is 11.5. The second kappa shape index (κ2) is 4.22. The molecular formula is C11H11NO4. The molecule has 2 N–H and O–H groups in total. The Balaban J connectivity index is 2.34. The van der Waals surface area contributed by atoms with Crippen molar-refractivity contribution in [2.45, 2.75) is 6.42 Å². The molecule has 1 aliphatic rings. The lowest BCUT2D eigenvalue weighted by Crippen LogP contribution is -2.23. The molecule has 0 unspecified atom stereocenters. The number of ether oxygens (including phenoxy) is 2. The lowest BCUT2D eigenvalue weighted by molar-refractivity contribution is -0.114. The lowest BCUT2D eigenvalue weighted by Gasteiger charge is -2.07. The molecule has 5 heteroatoms. The highest BCUT2D eigenvalue weighted by Gasteiger charge is 2.16. The van der Waals surface area contributed by atoms with Crippen molar-refractivity contribution < 1.29 is 19.1 Å². The first kappa shape index (κ1) is 10.5. The van der Waals surface area contributed by atoms with Crippen LogP contribution in [0.2, 0.25) is 0 Å². The topological polar surface area (TPSA) is 78.6 Å². The van der Waals surface area contributed by atoms with Crippen molar-refractivity contribution in [3.8, 4) is 11.5 Å². The summed E-state index contributed by atoms with van der Waals surface area (Å²) in [6.07, 6.45) is 0.785. The van der Waals surface area contributed by atoms with Crippen LogP contribution in [0.1, 0.15) is 16.8 Å². The summed E-state index contributed by atoms with van der Waals surface area (Å²) in [5.74, 6) is -0.645. The molecule has 0 fully saturated rings. The van der Waals surface area contributed by atoms with Crippen molar-refractivity contribution in [1.82, 2.24) is 0 Å². The van der Waals surface area contributed by atoms with Gasteiger partial charge in [-0.2, -0.15) is 0 Å². The van der Waals surface area contributed by atoms with E-state index in [-0.39, 0.29) is 5.56 Å². The van der Waals surface area contributed by atoms with Crippen LogP contribution in [0.15, 0.2) is 18.2 Å². The molecule has 1 amide bonds. The van der Waals surface area contributed by atoms with E-state index in [1.54, 1.807) is 6.07 Å². The van der Waals surface area contributed by atoms with Crippen molar-refractivity contribution in [2.24, 2.45) is 5.73 Å². The van der Waals surface area contributed by atoms with Crippen LogP contribution in [0.25, 0.3) is 0 Å². The number of nitrogens with two attached hydrogens (primary N) is 1. The minimum atomic E-state index is -0.977. The maximum absolute atomic E-state index is 11.3. The number of amides is 1. The van der Waals surface area contributed by atoms with Crippen molar-refractivity contribution >= 4 is 11.7 Å². The number of carbonyl (C=O) groups excluding carboxylic acids is 2. The van der Waals surface area contributed by atoms with Crippen LogP contribution >= 0.6 is 0 Å². The fourth-order valence-electron chi connectivity index (χ4n) is 1.45. The van der Waals surface area contributed by atoms with Gasteiger partial charge >= 0.3 is 0 Å². The Kier molecular flexibility index (Phi) is 2.76. The molecule has 0 radical (unpaired) electrons. The summed E-state index contributed by atoms with van der Waals surface area (Å²) < 4.78 is 10.8. The third-order valence-electron chi connectivity index (χ3n) is 2.23. The fourth-order valence-corrected chi connectivity index (χ4v) is 1.45. The molecule has 1 aromatic carbocycles. The molecule has 0 saturated heterocycles. The molecule has 84 valence electrons. The Morgan fingerprint density at radius 3 is 2.50 bits per heavy atom. The SMILES string of the molecule is NC(=O)C(=O)c1ccc2c(c1)OCCCO2. The van der Waals surface area contributed by atoms with E-state index in [0.717, 1.165) is 6.42 Å². The van der Waals surface area contributed by atoms with E-state index in [1.165, 1.54) is 12.1 Å². The number of carbonyl (C=O) groups is 2. The Morgan fingerprint density at radius 1 is 1.12 bits per heavy atom. The van der Waals surface area contributed by atoms with E-state index in [2.05, 4.69) is 0 Å². The zero-order valence-corrected chi connectivity index (χ0v) is 8.56. The first-order valence-electron chi connectivity index (χ1n) is 4.92. The van der Waals surface area contributed by atoms with Gasteiger partial charge in [0.15, 0.2) is 11.5 Å². The molecule has 5 nitrogen and oxygen atoms in total. The number of hydrogen-bond acceptors (Lipinski definition) is 4. The van der Waals surface area contributed by atoms with Gasteiger partial charge in [0.1, 0.15) is 0 Å². The summed E-state index contributed by atoms with van der Waals surface area (Å²) in [5.41, 5.74) is 5.13. The van der Waals surface area contributed by atoms with Crippen LogP contribution in [0.5, 0.6) is 11.5 Å². The van der Waals surface area contributed by atoms with Crippen LogP contribution in [0.3, 0.4) is 0 Å². The van der Waals surface area contributed by atoms with Crippen molar-refractivity contribution in [1.29, 1.82) is 0 Å². The first-order valence-corrected chi connectivity index (χ1v) is 4.92. The Labute approximate surface area is 92.1 Å². The third-order valence-corrected chi connectivity index (χ3v) is 2.23. The number of benzene rings is 1. The molecule has 0 bridgehead atoms. The molecular weight excluding hydrogens is 210 g/mol. The predicted octanol–water partition coefficient (Wildman–Crippen LogP) is 0.516. The average molecular weight is 221 g/mol. The molecule has 0 spiro atoms. The van der Waals surface area contributed by atoms with Gasteiger partial charge < -0.3 is 15.2 Å². The standard InChI is InChI=1S/C11H11NO4/c12-11(14)10(13)7-2-3-8-9(6-7)16-5-1-4-15-8/h2-3,6H,1,4-5H2,(H2,12,14). The number of primary amides is 1. The number of fused-ring (bicyclic) bond motifs is 1. The van der Waals surface area contributed by atoms with E-state index in [4.69, 9.17) is 15.2 Å². The van der Waals surface area contributed by atoms with Crippen LogP contribution in [0, 0.1) is 0 Å². The lowest BCUT2D eigenvalue weighted by atomic mass is 10.1. The maximum Gasteiger partial charge on any atom is 0.289 e. The molecule has 16 heavy (non-hydrogen) atoms. The highest BCUT2D eigenvalue weighted by Crippen LogP contribution is 2.30. The Hall–Kier alpha value is -2.04. The van der Waals surface area contributed by atoms with Crippen LogP contribution < -0.4 is 15.2 Å².